The molecule has 0 atom stereocenters. The molecule has 0 aromatic rings. The maximum atomic E-state index is 13.2. The molecule has 0 unspecified atom stereocenters. The fourth-order valence-electron chi connectivity index (χ4n) is 1.48. The molecule has 0 N–H and O–H groups in total. The van der Waals surface area contributed by atoms with E-state index >= 15 is 0 Å². The van der Waals surface area contributed by atoms with Gasteiger partial charge in [0.25, 0.3) is 0 Å². The van der Waals surface area contributed by atoms with Crippen molar-refractivity contribution in [3.8, 4) is 0 Å². The Morgan fingerprint density at radius 1 is 1.42 bits per heavy atom. The number of rotatable bonds is 1. The normalized spacial score (nSPS) is 22.6. The maximum Gasteiger partial charge on any atom is 0.125 e. The molecule has 0 heterocycles. The van der Waals surface area contributed by atoms with E-state index in [9.17, 15) is 8.78 Å². The van der Waals surface area contributed by atoms with Gasteiger partial charge < -0.3 is 0 Å². The maximum absolute atomic E-state index is 13.2. The van der Waals surface area contributed by atoms with Crippen LogP contribution in [0.1, 0.15) is 33.6 Å². The summed E-state index contributed by atoms with van der Waals surface area (Å²) in [7, 11) is 0. The van der Waals surface area contributed by atoms with Gasteiger partial charge in [0.15, 0.2) is 0 Å². The third-order valence-electron chi connectivity index (χ3n) is 2.10. The van der Waals surface area contributed by atoms with Crippen LogP contribution < -0.4 is 0 Å². The third-order valence-corrected chi connectivity index (χ3v) is 2.10. The minimum absolute atomic E-state index is 0.245. The number of hydrogen-bond acceptors (Lipinski definition) is 0. The van der Waals surface area contributed by atoms with Gasteiger partial charge in [0.05, 0.1) is 0 Å². The van der Waals surface area contributed by atoms with Crippen LogP contribution in [0.3, 0.4) is 0 Å². The average Bonchev–Trinajstić information content (AvgIpc) is 1.82. The van der Waals surface area contributed by atoms with Crippen LogP contribution in [-0.2, 0) is 0 Å². The lowest BCUT2D eigenvalue weighted by molar-refractivity contribution is 0.385. The van der Waals surface area contributed by atoms with Crippen molar-refractivity contribution < 1.29 is 8.78 Å². The lowest BCUT2D eigenvalue weighted by Crippen LogP contribution is -2.13. The first kappa shape index (κ1) is 9.43. The molecule has 0 aliphatic heterocycles. The van der Waals surface area contributed by atoms with Crippen LogP contribution in [0.5, 0.6) is 0 Å². The summed E-state index contributed by atoms with van der Waals surface area (Å²) >= 11 is 0. The molecule has 2 heteroatoms. The summed E-state index contributed by atoms with van der Waals surface area (Å²) in [4.78, 5) is 0. The van der Waals surface area contributed by atoms with E-state index in [1.165, 1.54) is 6.08 Å². The molecule has 0 aromatic carbocycles. The molecule has 0 saturated carbocycles. The Kier molecular flexibility index (Phi) is 2.36. The summed E-state index contributed by atoms with van der Waals surface area (Å²) in [6, 6.07) is 0. The van der Waals surface area contributed by atoms with E-state index in [0.717, 1.165) is 0 Å². The summed E-state index contributed by atoms with van der Waals surface area (Å²) in [5.74, 6) is -0.672. The molecule has 0 bridgehead atoms. The second-order valence-electron chi connectivity index (χ2n) is 3.89. The van der Waals surface area contributed by atoms with Gasteiger partial charge in [-0.15, -0.1) is 0 Å². The molecule has 0 nitrogen and oxygen atoms in total. The highest BCUT2D eigenvalue weighted by Gasteiger charge is 2.26. The Morgan fingerprint density at radius 2 is 2.00 bits per heavy atom. The minimum atomic E-state index is -0.383. The van der Waals surface area contributed by atoms with E-state index < -0.39 is 0 Å². The van der Waals surface area contributed by atoms with Crippen molar-refractivity contribution in [1.29, 1.82) is 0 Å². The second kappa shape index (κ2) is 3.00. The standard InChI is InChI=1S/C10H14F2/c1-4-7-8(11)5-10(2,3)6-9(7)12/h5H,4,6H2,1-3H3. The zero-order chi connectivity index (χ0) is 9.35. The first-order chi connectivity index (χ1) is 5.46. The van der Waals surface area contributed by atoms with Gasteiger partial charge in [0, 0.05) is 12.0 Å². The van der Waals surface area contributed by atoms with Crippen LogP contribution in [0.15, 0.2) is 23.3 Å². The molecule has 0 fully saturated rings. The van der Waals surface area contributed by atoms with Gasteiger partial charge in [-0.1, -0.05) is 20.8 Å². The van der Waals surface area contributed by atoms with Crippen molar-refractivity contribution in [2.45, 2.75) is 33.6 Å². The first-order valence-electron chi connectivity index (χ1n) is 4.22. The SMILES string of the molecule is CCC1=C(F)CC(C)(C)C=C1F. The van der Waals surface area contributed by atoms with Gasteiger partial charge in [-0.2, -0.15) is 0 Å². The summed E-state index contributed by atoms with van der Waals surface area (Å²) in [5.41, 5.74) is -0.123. The van der Waals surface area contributed by atoms with Gasteiger partial charge in [-0.25, -0.2) is 8.78 Å². The van der Waals surface area contributed by atoms with Crippen molar-refractivity contribution in [2.24, 2.45) is 5.41 Å². The topological polar surface area (TPSA) is 0 Å². The molecule has 0 spiro atoms. The van der Waals surface area contributed by atoms with Gasteiger partial charge in [-0.3, -0.25) is 0 Å². The number of halogens is 2. The van der Waals surface area contributed by atoms with Gasteiger partial charge in [0.1, 0.15) is 11.7 Å². The van der Waals surface area contributed by atoms with Crippen molar-refractivity contribution in [2.75, 3.05) is 0 Å². The highest BCUT2D eigenvalue weighted by atomic mass is 19.1. The Balaban J connectivity index is 3.00. The predicted octanol–water partition coefficient (Wildman–Crippen LogP) is 3.90. The van der Waals surface area contributed by atoms with E-state index in [1.54, 1.807) is 6.92 Å². The molecule has 1 aliphatic carbocycles. The molecule has 12 heavy (non-hydrogen) atoms. The fourth-order valence-corrected chi connectivity index (χ4v) is 1.48. The van der Waals surface area contributed by atoms with Crippen molar-refractivity contribution >= 4 is 0 Å². The predicted molar refractivity (Wildman–Crippen MR) is 46.0 cm³/mol. The smallest absolute Gasteiger partial charge is 0.125 e. The lowest BCUT2D eigenvalue weighted by Gasteiger charge is -2.25. The Labute approximate surface area is 72.0 Å². The molecule has 0 saturated heterocycles. The molecular weight excluding hydrogens is 158 g/mol. The lowest BCUT2D eigenvalue weighted by atomic mass is 9.82. The Hall–Kier alpha value is -0.660. The zero-order valence-corrected chi connectivity index (χ0v) is 7.75. The van der Waals surface area contributed by atoms with Crippen LogP contribution in [0.25, 0.3) is 0 Å². The summed E-state index contributed by atoms with van der Waals surface area (Å²) in [5, 5.41) is 0. The molecule has 0 radical (unpaired) electrons. The molecule has 0 amide bonds. The average molecular weight is 172 g/mol. The van der Waals surface area contributed by atoms with Gasteiger partial charge >= 0.3 is 0 Å². The van der Waals surface area contributed by atoms with Crippen molar-refractivity contribution in [1.82, 2.24) is 0 Å². The van der Waals surface area contributed by atoms with E-state index in [0.29, 0.717) is 12.8 Å². The number of allylic oxidation sites excluding steroid dienone is 4. The molecule has 1 rings (SSSR count). The second-order valence-corrected chi connectivity index (χ2v) is 3.89. The van der Waals surface area contributed by atoms with Crippen LogP contribution in [-0.4, -0.2) is 0 Å². The van der Waals surface area contributed by atoms with Crippen LogP contribution in [0.4, 0.5) is 8.78 Å². The van der Waals surface area contributed by atoms with Crippen molar-refractivity contribution in [3.63, 3.8) is 0 Å². The summed E-state index contributed by atoms with van der Waals surface area (Å²) in [6.45, 7) is 5.43. The van der Waals surface area contributed by atoms with Gasteiger partial charge in [0.2, 0.25) is 0 Å². The number of hydrogen-bond donors (Lipinski definition) is 0. The van der Waals surface area contributed by atoms with Crippen LogP contribution in [0, 0.1) is 5.41 Å². The third kappa shape index (κ3) is 1.74. The van der Waals surface area contributed by atoms with Crippen molar-refractivity contribution in [3.05, 3.63) is 23.3 Å². The quantitative estimate of drug-likeness (QED) is 0.562. The minimum Gasteiger partial charge on any atom is -0.211 e. The Bertz CT molecular complexity index is 247. The zero-order valence-electron chi connectivity index (χ0n) is 7.75. The van der Waals surface area contributed by atoms with E-state index in [1.807, 2.05) is 13.8 Å². The highest BCUT2D eigenvalue weighted by molar-refractivity contribution is 5.33. The summed E-state index contributed by atoms with van der Waals surface area (Å²) in [6.07, 6.45) is 2.27. The fraction of sp³-hybridized carbons (Fsp3) is 0.600. The molecular formula is C10H14F2. The summed E-state index contributed by atoms with van der Waals surface area (Å²) < 4.78 is 26.4. The van der Waals surface area contributed by atoms with E-state index in [4.69, 9.17) is 0 Å². The van der Waals surface area contributed by atoms with Gasteiger partial charge in [-0.05, 0) is 17.9 Å². The van der Waals surface area contributed by atoms with E-state index in [2.05, 4.69) is 0 Å². The van der Waals surface area contributed by atoms with Crippen LogP contribution in [0.2, 0.25) is 0 Å². The van der Waals surface area contributed by atoms with Crippen LogP contribution >= 0.6 is 0 Å². The molecule has 68 valence electrons. The molecule has 0 aromatic heterocycles. The highest BCUT2D eigenvalue weighted by Crippen LogP contribution is 2.39. The monoisotopic (exact) mass is 172 g/mol. The first-order valence-corrected chi connectivity index (χ1v) is 4.22. The van der Waals surface area contributed by atoms with E-state index in [-0.39, 0.29) is 22.6 Å². The Morgan fingerprint density at radius 3 is 2.42 bits per heavy atom. The largest absolute Gasteiger partial charge is 0.211 e. The molecule has 1 aliphatic rings.